The highest BCUT2D eigenvalue weighted by molar-refractivity contribution is 9.10. The normalized spacial score (nSPS) is 19.5. The molecule has 2 amide bonds. The molecule has 1 aliphatic rings. The predicted octanol–water partition coefficient (Wildman–Crippen LogP) is 2.31. The van der Waals surface area contributed by atoms with Crippen LogP contribution in [0.1, 0.15) is 12.0 Å². The number of anilines is 1. The molecular formula is C12H10BrF3N2O2. The van der Waals surface area contributed by atoms with Crippen LogP contribution in [0.3, 0.4) is 0 Å². The molecule has 2 N–H and O–H groups in total. The van der Waals surface area contributed by atoms with Crippen LogP contribution in [-0.2, 0) is 15.8 Å². The quantitative estimate of drug-likeness (QED) is 0.889. The minimum Gasteiger partial charge on any atom is -0.369 e. The van der Waals surface area contributed by atoms with Crippen molar-refractivity contribution in [2.24, 2.45) is 11.7 Å². The average molecular weight is 351 g/mol. The Morgan fingerprint density at radius 2 is 2.05 bits per heavy atom. The zero-order chi connectivity index (χ0) is 15.1. The average Bonchev–Trinajstić information content (AvgIpc) is 2.70. The van der Waals surface area contributed by atoms with Crippen molar-refractivity contribution < 1.29 is 22.8 Å². The first-order valence-electron chi connectivity index (χ1n) is 5.66. The van der Waals surface area contributed by atoms with Crippen molar-refractivity contribution in [2.75, 3.05) is 11.4 Å². The Balaban J connectivity index is 2.31. The third-order valence-corrected chi connectivity index (χ3v) is 3.73. The van der Waals surface area contributed by atoms with Gasteiger partial charge < -0.3 is 10.6 Å². The molecule has 4 nitrogen and oxygen atoms in total. The van der Waals surface area contributed by atoms with Crippen LogP contribution in [0.4, 0.5) is 18.9 Å². The molecule has 1 saturated heterocycles. The van der Waals surface area contributed by atoms with Gasteiger partial charge in [-0.05, 0) is 34.1 Å². The van der Waals surface area contributed by atoms with Crippen LogP contribution in [0.5, 0.6) is 0 Å². The van der Waals surface area contributed by atoms with Crippen molar-refractivity contribution in [1.82, 2.24) is 0 Å². The third-order valence-electron chi connectivity index (χ3n) is 3.09. The van der Waals surface area contributed by atoms with Crippen molar-refractivity contribution in [1.29, 1.82) is 0 Å². The Morgan fingerprint density at radius 1 is 1.40 bits per heavy atom. The molecule has 20 heavy (non-hydrogen) atoms. The number of carbonyl (C=O) groups is 2. The van der Waals surface area contributed by atoms with E-state index in [4.69, 9.17) is 5.73 Å². The van der Waals surface area contributed by atoms with Gasteiger partial charge in [-0.15, -0.1) is 0 Å². The molecular weight excluding hydrogens is 341 g/mol. The summed E-state index contributed by atoms with van der Waals surface area (Å²) in [4.78, 5) is 24.1. The largest absolute Gasteiger partial charge is 0.416 e. The van der Waals surface area contributed by atoms with E-state index in [0.29, 0.717) is 5.69 Å². The summed E-state index contributed by atoms with van der Waals surface area (Å²) >= 11 is 3.02. The molecule has 108 valence electrons. The Morgan fingerprint density at radius 3 is 2.50 bits per heavy atom. The fraction of sp³-hybridized carbons (Fsp3) is 0.333. The van der Waals surface area contributed by atoms with Crippen LogP contribution in [0, 0.1) is 5.92 Å². The van der Waals surface area contributed by atoms with E-state index in [1.165, 1.54) is 11.0 Å². The number of nitrogens with zero attached hydrogens (tertiary/aromatic N) is 1. The second-order valence-corrected chi connectivity index (χ2v) is 5.33. The number of halogens is 4. The van der Waals surface area contributed by atoms with Gasteiger partial charge in [0.1, 0.15) is 0 Å². The van der Waals surface area contributed by atoms with Gasteiger partial charge in [-0.3, -0.25) is 9.59 Å². The van der Waals surface area contributed by atoms with Gasteiger partial charge in [0.15, 0.2) is 0 Å². The Bertz CT molecular complexity index is 574. The standard InChI is InChI=1S/C12H10BrF3N2O2/c13-8-4-7(12(14,15)16)1-2-9(8)18-5-6(11(17)20)3-10(18)19/h1-2,4,6H,3,5H2,(H2,17,20). The van der Waals surface area contributed by atoms with E-state index in [2.05, 4.69) is 15.9 Å². The lowest BCUT2D eigenvalue weighted by Crippen LogP contribution is -2.28. The molecule has 0 saturated carbocycles. The van der Waals surface area contributed by atoms with E-state index in [0.717, 1.165) is 12.1 Å². The third kappa shape index (κ3) is 2.79. The van der Waals surface area contributed by atoms with Crippen LogP contribution in [0.2, 0.25) is 0 Å². The van der Waals surface area contributed by atoms with Gasteiger partial charge in [0.25, 0.3) is 0 Å². The fourth-order valence-corrected chi connectivity index (χ4v) is 2.63. The van der Waals surface area contributed by atoms with E-state index in [-0.39, 0.29) is 23.3 Å². The summed E-state index contributed by atoms with van der Waals surface area (Å²) in [6.07, 6.45) is -4.48. The lowest BCUT2D eigenvalue weighted by atomic mass is 10.1. The SMILES string of the molecule is NC(=O)C1CC(=O)N(c2ccc(C(F)(F)F)cc2Br)C1. The number of nitrogens with two attached hydrogens (primary N) is 1. The van der Waals surface area contributed by atoms with Crippen LogP contribution in [0.15, 0.2) is 22.7 Å². The number of primary amides is 1. The summed E-state index contributed by atoms with van der Waals surface area (Å²) < 4.78 is 37.8. The molecule has 1 atom stereocenters. The molecule has 1 heterocycles. The lowest BCUT2D eigenvalue weighted by Gasteiger charge is -2.19. The van der Waals surface area contributed by atoms with Crippen molar-refractivity contribution in [3.63, 3.8) is 0 Å². The van der Waals surface area contributed by atoms with Crippen molar-refractivity contribution in [3.05, 3.63) is 28.2 Å². The van der Waals surface area contributed by atoms with Gasteiger partial charge >= 0.3 is 6.18 Å². The van der Waals surface area contributed by atoms with Crippen LogP contribution >= 0.6 is 15.9 Å². The van der Waals surface area contributed by atoms with Crippen LogP contribution in [-0.4, -0.2) is 18.4 Å². The summed E-state index contributed by atoms with van der Waals surface area (Å²) in [6.45, 7) is 0.0815. The first kappa shape index (κ1) is 14.8. The van der Waals surface area contributed by atoms with Gasteiger partial charge in [-0.1, -0.05) is 0 Å². The second kappa shape index (κ2) is 5.08. The van der Waals surface area contributed by atoms with Crippen LogP contribution < -0.4 is 10.6 Å². The van der Waals surface area contributed by atoms with Crippen molar-refractivity contribution in [2.45, 2.75) is 12.6 Å². The number of alkyl halides is 3. The van der Waals surface area contributed by atoms with Crippen molar-refractivity contribution in [3.8, 4) is 0 Å². The zero-order valence-corrected chi connectivity index (χ0v) is 11.7. The Kier molecular flexibility index (Phi) is 3.77. The fourth-order valence-electron chi connectivity index (χ4n) is 2.03. The molecule has 1 aromatic carbocycles. The molecule has 0 spiro atoms. The molecule has 1 aromatic rings. The minimum atomic E-state index is -4.45. The molecule has 2 rings (SSSR count). The molecule has 0 aromatic heterocycles. The monoisotopic (exact) mass is 350 g/mol. The van der Waals surface area contributed by atoms with E-state index in [9.17, 15) is 22.8 Å². The van der Waals surface area contributed by atoms with Crippen LogP contribution in [0.25, 0.3) is 0 Å². The summed E-state index contributed by atoms with van der Waals surface area (Å²) in [5.41, 5.74) is 4.63. The topological polar surface area (TPSA) is 63.4 Å². The zero-order valence-electron chi connectivity index (χ0n) is 10.1. The maximum Gasteiger partial charge on any atom is 0.416 e. The number of rotatable bonds is 2. The van der Waals surface area contributed by atoms with Gasteiger partial charge in [-0.2, -0.15) is 13.2 Å². The number of hydrogen-bond acceptors (Lipinski definition) is 2. The second-order valence-electron chi connectivity index (χ2n) is 4.47. The van der Waals surface area contributed by atoms with Crippen molar-refractivity contribution >= 4 is 33.4 Å². The molecule has 1 fully saturated rings. The maximum atomic E-state index is 12.6. The number of benzene rings is 1. The Hall–Kier alpha value is -1.57. The smallest absolute Gasteiger partial charge is 0.369 e. The maximum absolute atomic E-state index is 12.6. The van der Waals surface area contributed by atoms with Gasteiger partial charge in [0.2, 0.25) is 11.8 Å². The highest BCUT2D eigenvalue weighted by Crippen LogP contribution is 2.37. The first-order valence-corrected chi connectivity index (χ1v) is 6.46. The highest BCUT2D eigenvalue weighted by Gasteiger charge is 2.36. The van der Waals surface area contributed by atoms with E-state index in [1.54, 1.807) is 0 Å². The summed E-state index contributed by atoms with van der Waals surface area (Å²) in [7, 11) is 0. The molecule has 1 unspecified atom stereocenters. The number of hydrogen-bond donors (Lipinski definition) is 1. The first-order chi connectivity index (χ1) is 9.20. The molecule has 0 bridgehead atoms. The van der Waals surface area contributed by atoms with Gasteiger partial charge in [-0.25, -0.2) is 0 Å². The summed E-state index contributed by atoms with van der Waals surface area (Å²) in [5, 5.41) is 0. The molecule has 0 radical (unpaired) electrons. The van der Waals surface area contributed by atoms with E-state index < -0.39 is 23.6 Å². The van der Waals surface area contributed by atoms with Gasteiger partial charge in [0, 0.05) is 17.4 Å². The summed E-state index contributed by atoms with van der Waals surface area (Å²) in [6, 6.07) is 3.00. The van der Waals surface area contributed by atoms with E-state index >= 15 is 0 Å². The highest BCUT2D eigenvalue weighted by atomic mass is 79.9. The Labute approximate surface area is 120 Å². The van der Waals surface area contributed by atoms with E-state index in [1.807, 2.05) is 0 Å². The molecule has 0 aliphatic carbocycles. The minimum absolute atomic E-state index is 0.0250. The predicted molar refractivity (Wildman–Crippen MR) is 68.8 cm³/mol. The molecule has 8 heteroatoms. The summed E-state index contributed by atoms with van der Waals surface area (Å²) in [5.74, 6) is -1.55. The molecule has 1 aliphatic heterocycles. The number of amides is 2. The number of carbonyl (C=O) groups excluding carboxylic acids is 2. The lowest BCUT2D eigenvalue weighted by molar-refractivity contribution is -0.137. The van der Waals surface area contributed by atoms with Gasteiger partial charge in [0.05, 0.1) is 17.2 Å².